The standard InChI is InChI=1S/C16H26FNO/c1-4-10-18-14(5-2)7-6-11-19-16-12-13(3)8-9-15(16)17/h8-9,12,14,18H,4-7,10-11H2,1-3H3. The second kappa shape index (κ2) is 8.92. The van der Waals surface area contributed by atoms with Crippen molar-refractivity contribution in [3.63, 3.8) is 0 Å². The third-order valence-corrected chi connectivity index (χ3v) is 3.22. The SMILES string of the molecule is CCCNC(CC)CCCOc1cc(C)ccc1F. The van der Waals surface area contributed by atoms with Crippen molar-refractivity contribution in [1.82, 2.24) is 5.32 Å². The summed E-state index contributed by atoms with van der Waals surface area (Å²) in [6, 6.07) is 5.51. The number of benzene rings is 1. The van der Waals surface area contributed by atoms with Crippen LogP contribution in [0, 0.1) is 12.7 Å². The molecule has 0 spiro atoms. The second-order valence-corrected chi connectivity index (χ2v) is 4.98. The molecule has 0 aromatic heterocycles. The van der Waals surface area contributed by atoms with Crippen molar-refractivity contribution in [2.45, 2.75) is 52.5 Å². The van der Waals surface area contributed by atoms with Gasteiger partial charge < -0.3 is 10.1 Å². The van der Waals surface area contributed by atoms with Gasteiger partial charge in [-0.15, -0.1) is 0 Å². The molecule has 19 heavy (non-hydrogen) atoms. The molecule has 0 amide bonds. The molecule has 0 saturated heterocycles. The Balaban J connectivity index is 2.27. The third kappa shape index (κ3) is 6.06. The van der Waals surface area contributed by atoms with Crippen molar-refractivity contribution in [1.29, 1.82) is 0 Å². The van der Waals surface area contributed by atoms with E-state index in [0.29, 0.717) is 18.4 Å². The van der Waals surface area contributed by atoms with Crippen molar-refractivity contribution in [2.24, 2.45) is 0 Å². The maximum atomic E-state index is 13.5. The van der Waals surface area contributed by atoms with E-state index in [1.54, 1.807) is 12.1 Å². The quantitative estimate of drug-likeness (QED) is 0.681. The second-order valence-electron chi connectivity index (χ2n) is 4.98. The van der Waals surface area contributed by atoms with E-state index in [1.165, 1.54) is 6.07 Å². The fourth-order valence-corrected chi connectivity index (χ4v) is 2.03. The van der Waals surface area contributed by atoms with Gasteiger partial charge in [0.1, 0.15) is 0 Å². The third-order valence-electron chi connectivity index (χ3n) is 3.22. The fourth-order valence-electron chi connectivity index (χ4n) is 2.03. The number of ether oxygens (including phenoxy) is 1. The van der Waals surface area contributed by atoms with Crippen molar-refractivity contribution in [3.8, 4) is 5.75 Å². The maximum absolute atomic E-state index is 13.5. The Morgan fingerprint density at radius 3 is 2.79 bits per heavy atom. The highest BCUT2D eigenvalue weighted by Gasteiger charge is 2.06. The predicted molar refractivity (Wildman–Crippen MR) is 78.2 cm³/mol. The molecule has 2 nitrogen and oxygen atoms in total. The van der Waals surface area contributed by atoms with Crippen LogP contribution >= 0.6 is 0 Å². The molecule has 0 bridgehead atoms. The predicted octanol–water partition coefficient (Wildman–Crippen LogP) is 4.07. The molecule has 1 N–H and O–H groups in total. The van der Waals surface area contributed by atoms with Crippen molar-refractivity contribution in [2.75, 3.05) is 13.2 Å². The molecule has 0 saturated carbocycles. The highest BCUT2D eigenvalue weighted by atomic mass is 19.1. The first-order valence-electron chi connectivity index (χ1n) is 7.29. The smallest absolute Gasteiger partial charge is 0.165 e. The van der Waals surface area contributed by atoms with Gasteiger partial charge >= 0.3 is 0 Å². The van der Waals surface area contributed by atoms with Crippen LogP contribution < -0.4 is 10.1 Å². The minimum Gasteiger partial charge on any atom is -0.491 e. The lowest BCUT2D eigenvalue weighted by Crippen LogP contribution is -2.29. The molecule has 0 radical (unpaired) electrons. The average molecular weight is 267 g/mol. The van der Waals surface area contributed by atoms with E-state index in [0.717, 1.165) is 37.8 Å². The van der Waals surface area contributed by atoms with E-state index in [4.69, 9.17) is 4.74 Å². The summed E-state index contributed by atoms with van der Waals surface area (Å²) in [6.07, 6.45) is 4.30. The number of aryl methyl sites for hydroxylation is 1. The summed E-state index contributed by atoms with van der Waals surface area (Å²) in [4.78, 5) is 0. The maximum Gasteiger partial charge on any atom is 0.165 e. The molecule has 1 unspecified atom stereocenters. The molecule has 0 aliphatic rings. The summed E-state index contributed by atoms with van der Waals surface area (Å²) in [5.41, 5.74) is 1.02. The van der Waals surface area contributed by atoms with Gasteiger partial charge in [0.15, 0.2) is 11.6 Å². The van der Waals surface area contributed by atoms with Crippen molar-refractivity contribution in [3.05, 3.63) is 29.6 Å². The van der Waals surface area contributed by atoms with E-state index in [1.807, 2.05) is 6.92 Å². The van der Waals surface area contributed by atoms with Crippen LogP contribution in [-0.2, 0) is 0 Å². The first-order chi connectivity index (χ1) is 9.17. The lowest BCUT2D eigenvalue weighted by molar-refractivity contribution is 0.281. The Kier molecular flexibility index (Phi) is 7.49. The van der Waals surface area contributed by atoms with Crippen LogP contribution in [0.15, 0.2) is 18.2 Å². The molecule has 0 aliphatic heterocycles. The molecule has 0 heterocycles. The van der Waals surface area contributed by atoms with Crippen LogP contribution in [-0.4, -0.2) is 19.2 Å². The first-order valence-corrected chi connectivity index (χ1v) is 7.29. The average Bonchev–Trinajstić information content (AvgIpc) is 2.41. The molecule has 0 fully saturated rings. The van der Waals surface area contributed by atoms with Crippen LogP contribution in [0.1, 0.15) is 45.1 Å². The van der Waals surface area contributed by atoms with Crippen LogP contribution in [0.2, 0.25) is 0 Å². The summed E-state index contributed by atoms with van der Waals surface area (Å²) in [5.74, 6) is 0.0938. The lowest BCUT2D eigenvalue weighted by atomic mass is 10.1. The summed E-state index contributed by atoms with van der Waals surface area (Å²) in [7, 11) is 0. The van der Waals surface area contributed by atoms with E-state index >= 15 is 0 Å². The van der Waals surface area contributed by atoms with Crippen molar-refractivity contribution >= 4 is 0 Å². The normalized spacial score (nSPS) is 12.4. The minimum atomic E-state index is -0.276. The van der Waals surface area contributed by atoms with Gasteiger partial charge in [0, 0.05) is 6.04 Å². The van der Waals surface area contributed by atoms with Gasteiger partial charge in [-0.25, -0.2) is 4.39 Å². The molecule has 0 aliphatic carbocycles. The Labute approximate surface area is 116 Å². The van der Waals surface area contributed by atoms with E-state index < -0.39 is 0 Å². The minimum absolute atomic E-state index is 0.276. The van der Waals surface area contributed by atoms with Crippen LogP contribution in [0.5, 0.6) is 5.75 Å². The van der Waals surface area contributed by atoms with Gasteiger partial charge in [0.2, 0.25) is 0 Å². The van der Waals surface area contributed by atoms with E-state index in [9.17, 15) is 4.39 Å². The number of rotatable bonds is 9. The van der Waals surface area contributed by atoms with E-state index in [2.05, 4.69) is 19.2 Å². The molecule has 1 aromatic carbocycles. The molecule has 1 atom stereocenters. The molecule has 3 heteroatoms. The molecule has 108 valence electrons. The molecule has 1 rings (SSSR count). The highest BCUT2D eigenvalue weighted by molar-refractivity contribution is 5.29. The Morgan fingerprint density at radius 1 is 1.32 bits per heavy atom. The Hall–Kier alpha value is -1.09. The summed E-state index contributed by atoms with van der Waals surface area (Å²) in [5, 5.41) is 3.51. The zero-order valence-electron chi connectivity index (χ0n) is 12.3. The monoisotopic (exact) mass is 267 g/mol. The Morgan fingerprint density at radius 2 is 2.11 bits per heavy atom. The van der Waals surface area contributed by atoms with Gasteiger partial charge in [-0.1, -0.05) is 19.9 Å². The largest absolute Gasteiger partial charge is 0.491 e. The fraction of sp³-hybridized carbons (Fsp3) is 0.625. The number of halogens is 1. The Bertz CT molecular complexity index is 368. The lowest BCUT2D eigenvalue weighted by Gasteiger charge is -2.16. The van der Waals surface area contributed by atoms with Crippen LogP contribution in [0.4, 0.5) is 4.39 Å². The van der Waals surface area contributed by atoms with Crippen LogP contribution in [0.25, 0.3) is 0 Å². The topological polar surface area (TPSA) is 21.3 Å². The molecule has 1 aromatic rings. The number of hydrogen-bond donors (Lipinski definition) is 1. The molecular weight excluding hydrogens is 241 g/mol. The van der Waals surface area contributed by atoms with Gasteiger partial charge in [0.25, 0.3) is 0 Å². The van der Waals surface area contributed by atoms with Gasteiger partial charge in [0.05, 0.1) is 6.61 Å². The number of hydrogen-bond acceptors (Lipinski definition) is 2. The zero-order chi connectivity index (χ0) is 14.1. The number of nitrogens with one attached hydrogen (secondary N) is 1. The summed E-state index contributed by atoms with van der Waals surface area (Å²) < 4.78 is 19.0. The van der Waals surface area contributed by atoms with Gasteiger partial charge in [-0.2, -0.15) is 0 Å². The summed E-state index contributed by atoms with van der Waals surface area (Å²) >= 11 is 0. The zero-order valence-corrected chi connectivity index (χ0v) is 12.3. The summed E-state index contributed by atoms with van der Waals surface area (Å²) in [6.45, 7) is 7.93. The highest BCUT2D eigenvalue weighted by Crippen LogP contribution is 2.18. The van der Waals surface area contributed by atoms with Gasteiger partial charge in [-0.05, 0) is 56.8 Å². The van der Waals surface area contributed by atoms with Gasteiger partial charge in [-0.3, -0.25) is 0 Å². The van der Waals surface area contributed by atoms with E-state index in [-0.39, 0.29) is 5.82 Å². The molecular formula is C16H26FNO. The van der Waals surface area contributed by atoms with Crippen LogP contribution in [0.3, 0.4) is 0 Å². The van der Waals surface area contributed by atoms with Crippen molar-refractivity contribution < 1.29 is 9.13 Å². The first kappa shape index (κ1) is 16.0.